The average Bonchev–Trinajstić information content (AvgIpc) is 3.32. The minimum Gasteiger partial charge on any atom is -0.366 e. The van der Waals surface area contributed by atoms with Crippen molar-refractivity contribution in [1.29, 1.82) is 0 Å². The number of likely N-dealkylation sites (tertiary alicyclic amines) is 1. The highest BCUT2D eigenvalue weighted by atomic mass is 16.1. The summed E-state index contributed by atoms with van der Waals surface area (Å²) in [7, 11) is 1.98. The van der Waals surface area contributed by atoms with Gasteiger partial charge in [0.25, 0.3) is 0 Å². The van der Waals surface area contributed by atoms with Crippen molar-refractivity contribution in [3.63, 3.8) is 0 Å². The molecule has 3 aromatic rings. The lowest BCUT2D eigenvalue weighted by Gasteiger charge is -2.24. The highest BCUT2D eigenvalue weighted by Gasteiger charge is 2.28. The van der Waals surface area contributed by atoms with E-state index in [4.69, 9.17) is 20.7 Å². The van der Waals surface area contributed by atoms with Crippen LogP contribution in [0.3, 0.4) is 0 Å². The van der Waals surface area contributed by atoms with Crippen LogP contribution >= 0.6 is 0 Å². The third-order valence-electron chi connectivity index (χ3n) is 6.81. The van der Waals surface area contributed by atoms with Gasteiger partial charge in [-0.2, -0.15) is 15.0 Å². The molecule has 1 unspecified atom stereocenters. The number of carbonyl (C=O) groups is 1. The van der Waals surface area contributed by atoms with Crippen LogP contribution in [-0.4, -0.2) is 63.5 Å². The number of carbonyl (C=O) groups excluding carboxylic acids is 1. The summed E-state index contributed by atoms with van der Waals surface area (Å²) in [4.78, 5) is 35.0. The molecule has 1 aliphatic rings. The molecule has 2 atom stereocenters. The standard InChI is InChI=1S/C28H39N9O/c1-17(2)15-36(6)28-34-26(33-27(35-28)32-24-14-21(25(29)38)11-10-18(24)3)31-22-12-13-37(16-22)20(5)23-9-7-8-19(4)30-23/h7-11,14,17,20,22H,12-13,15-16H2,1-6H3,(H2,29,38)(H2,31,32,33,34,35)/t20?,22-/m0/s1. The van der Waals surface area contributed by atoms with Gasteiger partial charge in [0.15, 0.2) is 0 Å². The first-order chi connectivity index (χ1) is 18.1. The molecule has 4 N–H and O–H groups in total. The SMILES string of the molecule is Cc1cccc(C(C)N2CC[C@H](Nc3nc(Nc4cc(C(N)=O)ccc4C)nc(N(C)CC(C)C)n3)C2)n1. The van der Waals surface area contributed by atoms with Gasteiger partial charge in [0, 0.05) is 55.7 Å². The zero-order valence-corrected chi connectivity index (χ0v) is 23.2. The molecule has 202 valence electrons. The maximum absolute atomic E-state index is 11.7. The van der Waals surface area contributed by atoms with Crippen LogP contribution < -0.4 is 21.3 Å². The molecule has 1 fully saturated rings. The molecule has 0 radical (unpaired) electrons. The molecule has 4 rings (SSSR count). The molecule has 10 heteroatoms. The predicted octanol–water partition coefficient (Wildman–Crippen LogP) is 4.07. The molecule has 1 saturated heterocycles. The molecule has 2 aromatic heterocycles. The number of anilines is 4. The number of hydrogen-bond donors (Lipinski definition) is 3. The van der Waals surface area contributed by atoms with E-state index in [0.717, 1.165) is 48.7 Å². The van der Waals surface area contributed by atoms with Gasteiger partial charge in [-0.3, -0.25) is 14.7 Å². The van der Waals surface area contributed by atoms with Crippen molar-refractivity contribution in [2.75, 3.05) is 42.2 Å². The zero-order valence-electron chi connectivity index (χ0n) is 23.2. The van der Waals surface area contributed by atoms with Crippen LogP contribution in [0.25, 0.3) is 0 Å². The Balaban J connectivity index is 1.55. The summed E-state index contributed by atoms with van der Waals surface area (Å²) in [6, 6.07) is 11.9. The molecule has 38 heavy (non-hydrogen) atoms. The molecule has 0 aliphatic carbocycles. The summed E-state index contributed by atoms with van der Waals surface area (Å²) in [5.41, 5.74) is 9.71. The van der Waals surface area contributed by atoms with Gasteiger partial charge in [-0.15, -0.1) is 0 Å². The number of aromatic nitrogens is 4. The van der Waals surface area contributed by atoms with Gasteiger partial charge in [0.1, 0.15) is 0 Å². The van der Waals surface area contributed by atoms with Crippen LogP contribution in [-0.2, 0) is 0 Å². The molecule has 0 bridgehead atoms. The fourth-order valence-corrected chi connectivity index (χ4v) is 4.74. The first kappa shape index (κ1) is 27.3. The molecule has 0 spiro atoms. The Bertz CT molecular complexity index is 1280. The summed E-state index contributed by atoms with van der Waals surface area (Å²) in [5.74, 6) is 1.47. The minimum atomic E-state index is -0.482. The van der Waals surface area contributed by atoms with Gasteiger partial charge in [-0.25, -0.2) is 0 Å². The van der Waals surface area contributed by atoms with E-state index in [-0.39, 0.29) is 12.1 Å². The topological polar surface area (TPSA) is 125 Å². The highest BCUT2D eigenvalue weighted by Crippen LogP contribution is 2.26. The number of benzene rings is 1. The fraction of sp³-hybridized carbons (Fsp3) is 0.464. The van der Waals surface area contributed by atoms with E-state index in [9.17, 15) is 4.79 Å². The minimum absolute atomic E-state index is 0.195. The van der Waals surface area contributed by atoms with Crippen molar-refractivity contribution < 1.29 is 4.79 Å². The molecule has 0 saturated carbocycles. The quantitative estimate of drug-likeness (QED) is 0.365. The Hall–Kier alpha value is -3.79. The molecule has 1 amide bonds. The van der Waals surface area contributed by atoms with E-state index in [1.807, 2.05) is 37.9 Å². The van der Waals surface area contributed by atoms with E-state index in [1.165, 1.54) is 0 Å². The number of amides is 1. The van der Waals surface area contributed by atoms with E-state index >= 15 is 0 Å². The number of pyridine rings is 1. The monoisotopic (exact) mass is 517 g/mol. The number of hydrogen-bond acceptors (Lipinski definition) is 9. The van der Waals surface area contributed by atoms with Crippen LogP contribution in [0.1, 0.15) is 60.5 Å². The smallest absolute Gasteiger partial charge is 0.248 e. The normalized spacial score (nSPS) is 16.4. The Morgan fingerprint density at radius 1 is 1.11 bits per heavy atom. The highest BCUT2D eigenvalue weighted by molar-refractivity contribution is 5.94. The lowest BCUT2D eigenvalue weighted by atomic mass is 10.1. The van der Waals surface area contributed by atoms with Gasteiger partial charge in [-0.05, 0) is 62.9 Å². The second-order valence-electron chi connectivity index (χ2n) is 10.6. The summed E-state index contributed by atoms with van der Waals surface area (Å²) in [6.07, 6.45) is 0.974. The van der Waals surface area contributed by atoms with Crippen LogP contribution in [0.15, 0.2) is 36.4 Å². The van der Waals surface area contributed by atoms with Gasteiger partial charge in [0.2, 0.25) is 23.8 Å². The summed E-state index contributed by atoms with van der Waals surface area (Å²) in [5, 5.41) is 6.82. The fourth-order valence-electron chi connectivity index (χ4n) is 4.74. The third-order valence-corrected chi connectivity index (χ3v) is 6.81. The van der Waals surface area contributed by atoms with E-state index in [2.05, 4.69) is 53.4 Å². The first-order valence-corrected chi connectivity index (χ1v) is 13.2. The Kier molecular flexibility index (Phi) is 8.41. The van der Waals surface area contributed by atoms with Crippen LogP contribution in [0.2, 0.25) is 0 Å². The largest absolute Gasteiger partial charge is 0.366 e. The Morgan fingerprint density at radius 2 is 1.87 bits per heavy atom. The Labute approximate surface area is 225 Å². The van der Waals surface area contributed by atoms with Crippen molar-refractivity contribution in [3.05, 3.63) is 58.9 Å². The molecule has 1 aromatic carbocycles. The number of nitrogens with zero attached hydrogens (tertiary/aromatic N) is 6. The maximum atomic E-state index is 11.7. The lowest BCUT2D eigenvalue weighted by molar-refractivity contribution is 0.100. The van der Waals surface area contributed by atoms with Crippen molar-refractivity contribution in [3.8, 4) is 0 Å². The number of nitrogens with one attached hydrogen (secondary N) is 2. The van der Waals surface area contributed by atoms with E-state index in [1.54, 1.807) is 12.1 Å². The van der Waals surface area contributed by atoms with Gasteiger partial charge < -0.3 is 21.3 Å². The number of primary amides is 1. The second kappa shape index (κ2) is 11.7. The number of rotatable bonds is 10. The molecule has 10 nitrogen and oxygen atoms in total. The number of aryl methyl sites for hydroxylation is 2. The first-order valence-electron chi connectivity index (χ1n) is 13.2. The molecular formula is C28H39N9O. The van der Waals surface area contributed by atoms with Crippen molar-refractivity contribution >= 4 is 29.4 Å². The maximum Gasteiger partial charge on any atom is 0.248 e. The van der Waals surface area contributed by atoms with Crippen molar-refractivity contribution in [2.45, 2.75) is 53.1 Å². The average molecular weight is 518 g/mol. The summed E-state index contributed by atoms with van der Waals surface area (Å²) >= 11 is 0. The predicted molar refractivity (Wildman–Crippen MR) is 152 cm³/mol. The summed E-state index contributed by atoms with van der Waals surface area (Å²) in [6.45, 7) is 13.1. The molecule has 1 aliphatic heterocycles. The second-order valence-corrected chi connectivity index (χ2v) is 10.6. The van der Waals surface area contributed by atoms with E-state index in [0.29, 0.717) is 29.3 Å². The number of nitrogens with two attached hydrogens (primary N) is 1. The van der Waals surface area contributed by atoms with Gasteiger partial charge in [-0.1, -0.05) is 26.0 Å². The van der Waals surface area contributed by atoms with Gasteiger partial charge in [0.05, 0.1) is 5.69 Å². The molecule has 3 heterocycles. The zero-order chi connectivity index (χ0) is 27.4. The third kappa shape index (κ3) is 6.74. The van der Waals surface area contributed by atoms with Crippen molar-refractivity contribution in [1.82, 2.24) is 24.8 Å². The summed E-state index contributed by atoms with van der Waals surface area (Å²) < 4.78 is 0. The Morgan fingerprint density at radius 3 is 2.58 bits per heavy atom. The van der Waals surface area contributed by atoms with Crippen molar-refractivity contribution in [2.24, 2.45) is 11.7 Å². The molecular weight excluding hydrogens is 478 g/mol. The lowest BCUT2D eigenvalue weighted by Crippen LogP contribution is -2.30. The van der Waals surface area contributed by atoms with Crippen LogP contribution in [0, 0.1) is 19.8 Å². The van der Waals surface area contributed by atoms with Crippen LogP contribution in [0.4, 0.5) is 23.5 Å². The van der Waals surface area contributed by atoms with Gasteiger partial charge >= 0.3 is 0 Å². The van der Waals surface area contributed by atoms with Crippen LogP contribution in [0.5, 0.6) is 0 Å². The van der Waals surface area contributed by atoms with E-state index < -0.39 is 5.91 Å².